The van der Waals surface area contributed by atoms with Crippen LogP contribution in [-0.4, -0.2) is 33.3 Å². The number of amides is 2. The fourth-order valence-electron chi connectivity index (χ4n) is 2.82. The molecular weight excluding hydrogens is 354 g/mol. The fourth-order valence-corrected chi connectivity index (χ4v) is 3.84. The molecule has 0 unspecified atom stereocenters. The van der Waals surface area contributed by atoms with Crippen LogP contribution in [0.5, 0.6) is 0 Å². The Bertz CT molecular complexity index is 942. The van der Waals surface area contributed by atoms with Gasteiger partial charge in [-0.2, -0.15) is 0 Å². The standard InChI is InChI=1S/C18H19N3O4S/c1-2-21(14-6-4-3-5-7-14)18(23)12-19-26(24,25)15-8-9-16-13(10-15)11-17(22)20-16/h3-10,19H,2,11-12H2,1H3,(H,20,22). The number of hydrogen-bond acceptors (Lipinski definition) is 4. The maximum Gasteiger partial charge on any atom is 0.242 e. The summed E-state index contributed by atoms with van der Waals surface area (Å²) in [5.74, 6) is -0.514. The Balaban J connectivity index is 1.71. The maximum absolute atomic E-state index is 12.5. The minimum absolute atomic E-state index is 0.0308. The van der Waals surface area contributed by atoms with Crippen LogP contribution < -0.4 is 14.9 Å². The fraction of sp³-hybridized carbons (Fsp3) is 0.222. The summed E-state index contributed by atoms with van der Waals surface area (Å²) in [7, 11) is -3.85. The van der Waals surface area contributed by atoms with Gasteiger partial charge in [0.25, 0.3) is 0 Å². The highest BCUT2D eigenvalue weighted by Gasteiger charge is 2.23. The molecule has 7 nitrogen and oxygen atoms in total. The van der Waals surface area contributed by atoms with Gasteiger partial charge in [0.1, 0.15) is 0 Å². The molecular formula is C18H19N3O4S. The van der Waals surface area contributed by atoms with Gasteiger partial charge in [-0.1, -0.05) is 18.2 Å². The van der Waals surface area contributed by atoms with Crippen molar-refractivity contribution in [3.63, 3.8) is 0 Å². The lowest BCUT2D eigenvalue weighted by atomic mass is 10.2. The van der Waals surface area contributed by atoms with Crippen LogP contribution in [0.15, 0.2) is 53.4 Å². The first-order chi connectivity index (χ1) is 12.4. The number of hydrogen-bond donors (Lipinski definition) is 2. The highest BCUT2D eigenvalue weighted by Crippen LogP contribution is 2.25. The van der Waals surface area contributed by atoms with Gasteiger partial charge in [-0.05, 0) is 42.8 Å². The molecule has 8 heteroatoms. The normalized spacial score (nSPS) is 13.2. The Kier molecular flexibility index (Phi) is 5.06. The van der Waals surface area contributed by atoms with Crippen LogP contribution in [0.3, 0.4) is 0 Å². The van der Waals surface area contributed by atoms with Gasteiger partial charge < -0.3 is 10.2 Å². The zero-order valence-electron chi connectivity index (χ0n) is 14.2. The molecule has 3 rings (SSSR count). The highest BCUT2D eigenvalue weighted by atomic mass is 32.2. The predicted octanol–water partition coefficient (Wildman–Crippen LogP) is 1.51. The molecule has 136 valence electrons. The van der Waals surface area contributed by atoms with Gasteiger partial charge in [-0.15, -0.1) is 0 Å². The van der Waals surface area contributed by atoms with Crippen molar-refractivity contribution in [1.29, 1.82) is 0 Å². The van der Waals surface area contributed by atoms with E-state index in [1.54, 1.807) is 18.2 Å². The second-order valence-corrected chi connectivity index (χ2v) is 7.61. The molecule has 2 aromatic carbocycles. The minimum Gasteiger partial charge on any atom is -0.326 e. The number of carbonyl (C=O) groups is 2. The summed E-state index contributed by atoms with van der Waals surface area (Å²) >= 11 is 0. The Labute approximate surface area is 152 Å². The largest absolute Gasteiger partial charge is 0.326 e. The highest BCUT2D eigenvalue weighted by molar-refractivity contribution is 7.89. The summed E-state index contributed by atoms with van der Waals surface area (Å²) in [6.45, 7) is 1.90. The topological polar surface area (TPSA) is 95.6 Å². The van der Waals surface area contributed by atoms with Crippen LogP contribution in [0.1, 0.15) is 12.5 Å². The van der Waals surface area contributed by atoms with Crippen molar-refractivity contribution in [2.75, 3.05) is 23.3 Å². The van der Waals surface area contributed by atoms with Crippen molar-refractivity contribution < 1.29 is 18.0 Å². The number of fused-ring (bicyclic) bond motifs is 1. The molecule has 0 aromatic heterocycles. The summed E-state index contributed by atoms with van der Waals surface area (Å²) in [4.78, 5) is 25.4. The second-order valence-electron chi connectivity index (χ2n) is 5.84. The number of carbonyl (C=O) groups excluding carboxylic acids is 2. The monoisotopic (exact) mass is 373 g/mol. The van der Waals surface area contributed by atoms with Crippen LogP contribution in [0.2, 0.25) is 0 Å². The quantitative estimate of drug-likeness (QED) is 0.802. The minimum atomic E-state index is -3.85. The van der Waals surface area contributed by atoms with Crippen LogP contribution in [-0.2, 0) is 26.0 Å². The van der Waals surface area contributed by atoms with Crippen molar-refractivity contribution in [1.82, 2.24) is 4.72 Å². The van der Waals surface area contributed by atoms with Crippen molar-refractivity contribution in [2.45, 2.75) is 18.2 Å². The number of nitrogens with one attached hydrogen (secondary N) is 2. The zero-order chi connectivity index (χ0) is 18.7. The lowest BCUT2D eigenvalue weighted by molar-refractivity contribution is -0.117. The predicted molar refractivity (Wildman–Crippen MR) is 98.4 cm³/mol. The smallest absolute Gasteiger partial charge is 0.242 e. The van der Waals surface area contributed by atoms with Crippen LogP contribution in [0, 0.1) is 0 Å². The lowest BCUT2D eigenvalue weighted by Crippen LogP contribution is -2.40. The summed E-state index contributed by atoms with van der Waals surface area (Å²) in [6.07, 6.45) is 0.148. The van der Waals surface area contributed by atoms with Gasteiger partial charge in [0.15, 0.2) is 0 Å². The lowest BCUT2D eigenvalue weighted by Gasteiger charge is -2.21. The van der Waals surface area contributed by atoms with E-state index in [4.69, 9.17) is 0 Å². The molecule has 2 aromatic rings. The molecule has 0 spiro atoms. The summed E-state index contributed by atoms with van der Waals surface area (Å²) in [5.41, 5.74) is 1.95. The number of anilines is 2. The molecule has 0 fully saturated rings. The van der Waals surface area contributed by atoms with Gasteiger partial charge in [0.2, 0.25) is 21.8 Å². The van der Waals surface area contributed by atoms with E-state index in [-0.39, 0.29) is 29.7 Å². The summed E-state index contributed by atoms with van der Waals surface area (Å²) < 4.78 is 27.3. The first-order valence-corrected chi connectivity index (χ1v) is 9.67. The second kappa shape index (κ2) is 7.27. The molecule has 26 heavy (non-hydrogen) atoms. The first kappa shape index (κ1) is 18.1. The Morgan fingerprint density at radius 1 is 1.19 bits per heavy atom. The van der Waals surface area contributed by atoms with Crippen molar-refractivity contribution in [3.05, 3.63) is 54.1 Å². The molecule has 0 atom stereocenters. The average Bonchev–Trinajstić information content (AvgIpc) is 3.01. The Morgan fingerprint density at radius 2 is 1.92 bits per heavy atom. The molecule has 0 radical (unpaired) electrons. The molecule has 0 saturated heterocycles. The van der Waals surface area contributed by atoms with E-state index in [1.807, 2.05) is 25.1 Å². The van der Waals surface area contributed by atoms with Gasteiger partial charge in [0, 0.05) is 17.9 Å². The summed E-state index contributed by atoms with van der Waals surface area (Å²) in [6, 6.07) is 13.5. The third-order valence-corrected chi connectivity index (χ3v) is 5.51. The number of para-hydroxylation sites is 1. The third-order valence-electron chi connectivity index (χ3n) is 4.11. The van der Waals surface area contributed by atoms with E-state index in [2.05, 4.69) is 10.0 Å². The number of likely N-dealkylation sites (N-methyl/N-ethyl adjacent to an activating group) is 1. The van der Waals surface area contributed by atoms with E-state index >= 15 is 0 Å². The van der Waals surface area contributed by atoms with Crippen molar-refractivity contribution in [2.24, 2.45) is 0 Å². The van der Waals surface area contributed by atoms with E-state index in [0.717, 1.165) is 0 Å². The molecule has 1 aliphatic heterocycles. The van der Waals surface area contributed by atoms with Crippen LogP contribution in [0.4, 0.5) is 11.4 Å². The number of benzene rings is 2. The number of rotatable bonds is 6. The summed E-state index contributed by atoms with van der Waals surface area (Å²) in [5, 5.41) is 2.65. The molecule has 1 heterocycles. The SMILES string of the molecule is CCN(C(=O)CNS(=O)(=O)c1ccc2c(c1)CC(=O)N2)c1ccccc1. The molecule has 2 N–H and O–H groups in total. The van der Waals surface area contributed by atoms with E-state index in [0.29, 0.717) is 23.5 Å². The molecule has 0 bridgehead atoms. The van der Waals surface area contributed by atoms with Gasteiger partial charge in [-0.25, -0.2) is 13.1 Å². The first-order valence-electron chi connectivity index (χ1n) is 8.18. The van der Waals surface area contributed by atoms with E-state index in [9.17, 15) is 18.0 Å². The van der Waals surface area contributed by atoms with Crippen LogP contribution >= 0.6 is 0 Å². The Hall–Kier alpha value is -2.71. The Morgan fingerprint density at radius 3 is 2.62 bits per heavy atom. The van der Waals surface area contributed by atoms with Gasteiger partial charge in [0.05, 0.1) is 17.9 Å². The number of sulfonamides is 1. The molecule has 0 aliphatic carbocycles. The zero-order valence-corrected chi connectivity index (χ0v) is 15.0. The molecule has 0 saturated carbocycles. The van der Waals surface area contributed by atoms with Crippen molar-refractivity contribution >= 4 is 33.2 Å². The average molecular weight is 373 g/mol. The van der Waals surface area contributed by atoms with Gasteiger partial charge in [-0.3, -0.25) is 9.59 Å². The number of nitrogens with zero attached hydrogens (tertiary/aromatic N) is 1. The third kappa shape index (κ3) is 3.76. The van der Waals surface area contributed by atoms with E-state index < -0.39 is 10.0 Å². The van der Waals surface area contributed by atoms with E-state index in [1.165, 1.54) is 17.0 Å². The maximum atomic E-state index is 12.5. The van der Waals surface area contributed by atoms with Crippen LogP contribution in [0.25, 0.3) is 0 Å². The van der Waals surface area contributed by atoms with Gasteiger partial charge >= 0.3 is 0 Å². The molecule has 2 amide bonds. The van der Waals surface area contributed by atoms with Crippen molar-refractivity contribution in [3.8, 4) is 0 Å². The molecule has 1 aliphatic rings.